The molecule has 0 aliphatic rings. The first-order valence-corrected chi connectivity index (χ1v) is 6.59. The number of benzene rings is 2. The SMILES string of the molecule is C=Cc1cccc(C)c1Cc1c(C)cccc1C=C. The Labute approximate surface area is 116 Å². The standard InChI is InChI=1S/C19H20/c1-5-16-11-7-9-14(3)18(16)13-19-15(4)10-8-12-17(19)6-2/h5-12H,1-2,13H2,3-4H3. The third-order valence-electron chi connectivity index (χ3n) is 3.69. The Bertz CT molecular complexity index is 562. The van der Waals surface area contributed by atoms with E-state index in [9.17, 15) is 0 Å². The van der Waals surface area contributed by atoms with Gasteiger partial charge in [-0.1, -0.05) is 61.7 Å². The summed E-state index contributed by atoms with van der Waals surface area (Å²) in [5.74, 6) is 0. The van der Waals surface area contributed by atoms with E-state index in [0.717, 1.165) is 6.42 Å². The number of aryl methyl sites for hydroxylation is 2. The lowest BCUT2D eigenvalue weighted by atomic mass is 9.90. The Morgan fingerprint density at radius 2 is 1.21 bits per heavy atom. The van der Waals surface area contributed by atoms with Crippen molar-refractivity contribution in [3.63, 3.8) is 0 Å². The summed E-state index contributed by atoms with van der Waals surface area (Å²) in [6, 6.07) is 12.7. The van der Waals surface area contributed by atoms with Gasteiger partial charge in [-0.25, -0.2) is 0 Å². The van der Waals surface area contributed by atoms with E-state index in [4.69, 9.17) is 0 Å². The van der Waals surface area contributed by atoms with Crippen molar-refractivity contribution in [3.05, 3.63) is 82.9 Å². The highest BCUT2D eigenvalue weighted by Crippen LogP contribution is 2.24. The molecule has 0 heteroatoms. The van der Waals surface area contributed by atoms with E-state index in [1.54, 1.807) is 0 Å². The summed E-state index contributed by atoms with van der Waals surface area (Å²) in [4.78, 5) is 0. The fourth-order valence-corrected chi connectivity index (χ4v) is 2.49. The van der Waals surface area contributed by atoms with Crippen molar-refractivity contribution in [1.82, 2.24) is 0 Å². The second-order valence-electron chi connectivity index (χ2n) is 4.87. The lowest BCUT2D eigenvalue weighted by Crippen LogP contribution is -1.99. The summed E-state index contributed by atoms with van der Waals surface area (Å²) in [6.45, 7) is 12.2. The average Bonchev–Trinajstić information content (AvgIpc) is 2.42. The van der Waals surface area contributed by atoms with Gasteiger partial charge in [0.15, 0.2) is 0 Å². The van der Waals surface area contributed by atoms with Crippen LogP contribution in [0.15, 0.2) is 49.6 Å². The Balaban J connectivity index is 2.53. The van der Waals surface area contributed by atoms with E-state index in [1.165, 1.54) is 33.4 Å². The van der Waals surface area contributed by atoms with Gasteiger partial charge < -0.3 is 0 Å². The molecular weight excluding hydrogens is 228 g/mol. The van der Waals surface area contributed by atoms with Crippen LogP contribution in [-0.4, -0.2) is 0 Å². The molecule has 0 unspecified atom stereocenters. The van der Waals surface area contributed by atoms with Crippen molar-refractivity contribution in [2.24, 2.45) is 0 Å². The Hall–Kier alpha value is -2.08. The average molecular weight is 248 g/mol. The topological polar surface area (TPSA) is 0 Å². The van der Waals surface area contributed by atoms with Gasteiger partial charge in [0.25, 0.3) is 0 Å². The molecule has 0 aliphatic heterocycles. The van der Waals surface area contributed by atoms with E-state index in [1.807, 2.05) is 12.2 Å². The minimum Gasteiger partial charge on any atom is -0.0985 e. The second kappa shape index (κ2) is 5.71. The summed E-state index contributed by atoms with van der Waals surface area (Å²) >= 11 is 0. The van der Waals surface area contributed by atoms with Gasteiger partial charge in [0.2, 0.25) is 0 Å². The molecule has 0 nitrogen and oxygen atoms in total. The van der Waals surface area contributed by atoms with Crippen molar-refractivity contribution in [3.8, 4) is 0 Å². The van der Waals surface area contributed by atoms with Gasteiger partial charge in [-0.2, -0.15) is 0 Å². The molecule has 0 aliphatic carbocycles. The molecule has 0 atom stereocenters. The maximum Gasteiger partial charge on any atom is -0.000865 e. The van der Waals surface area contributed by atoms with Crippen LogP contribution in [-0.2, 0) is 6.42 Å². The third-order valence-corrected chi connectivity index (χ3v) is 3.69. The van der Waals surface area contributed by atoms with Crippen LogP contribution < -0.4 is 0 Å². The lowest BCUT2D eigenvalue weighted by molar-refractivity contribution is 1.12. The maximum atomic E-state index is 3.92. The first kappa shape index (κ1) is 13.4. The molecule has 0 saturated heterocycles. The molecule has 0 heterocycles. The highest BCUT2D eigenvalue weighted by atomic mass is 14.1. The number of hydrogen-bond donors (Lipinski definition) is 0. The van der Waals surface area contributed by atoms with Gasteiger partial charge in [0.1, 0.15) is 0 Å². The molecule has 0 saturated carbocycles. The molecule has 0 radical (unpaired) electrons. The van der Waals surface area contributed by atoms with Crippen molar-refractivity contribution in [2.45, 2.75) is 20.3 Å². The van der Waals surface area contributed by atoms with Crippen LogP contribution >= 0.6 is 0 Å². The molecule has 2 rings (SSSR count). The summed E-state index contributed by atoms with van der Waals surface area (Å²) in [5, 5.41) is 0. The van der Waals surface area contributed by atoms with Gasteiger partial charge >= 0.3 is 0 Å². The minimum atomic E-state index is 0.933. The molecule has 19 heavy (non-hydrogen) atoms. The molecule has 0 N–H and O–H groups in total. The van der Waals surface area contributed by atoms with E-state index in [2.05, 4.69) is 63.4 Å². The van der Waals surface area contributed by atoms with Crippen LogP contribution in [0.5, 0.6) is 0 Å². The molecule has 0 bridgehead atoms. The van der Waals surface area contributed by atoms with Gasteiger partial charge in [-0.15, -0.1) is 0 Å². The van der Waals surface area contributed by atoms with Gasteiger partial charge in [0, 0.05) is 0 Å². The Morgan fingerprint density at radius 1 is 0.789 bits per heavy atom. The van der Waals surface area contributed by atoms with Gasteiger partial charge in [-0.05, 0) is 53.6 Å². The predicted octanol–water partition coefficient (Wildman–Crippen LogP) is 5.18. The summed E-state index contributed by atoms with van der Waals surface area (Å²) in [6.07, 6.45) is 4.81. The monoisotopic (exact) mass is 248 g/mol. The minimum absolute atomic E-state index is 0.933. The summed E-state index contributed by atoms with van der Waals surface area (Å²) in [7, 11) is 0. The Kier molecular flexibility index (Phi) is 4.01. The molecule has 2 aromatic rings. The van der Waals surface area contributed by atoms with Crippen molar-refractivity contribution in [2.75, 3.05) is 0 Å². The van der Waals surface area contributed by atoms with E-state index >= 15 is 0 Å². The fraction of sp³-hybridized carbons (Fsp3) is 0.158. The van der Waals surface area contributed by atoms with Crippen LogP contribution in [0.4, 0.5) is 0 Å². The van der Waals surface area contributed by atoms with E-state index in [0.29, 0.717) is 0 Å². The molecule has 0 aromatic heterocycles. The Morgan fingerprint density at radius 3 is 1.58 bits per heavy atom. The molecule has 96 valence electrons. The van der Waals surface area contributed by atoms with Crippen LogP contribution in [0, 0.1) is 13.8 Å². The smallest absolute Gasteiger partial charge is 0.000865 e. The van der Waals surface area contributed by atoms with Crippen molar-refractivity contribution < 1.29 is 0 Å². The third kappa shape index (κ3) is 2.68. The summed E-state index contributed by atoms with van der Waals surface area (Å²) in [5.41, 5.74) is 7.78. The van der Waals surface area contributed by atoms with Crippen LogP contribution in [0.1, 0.15) is 33.4 Å². The normalized spacial score (nSPS) is 10.2. The highest BCUT2D eigenvalue weighted by molar-refractivity contribution is 5.60. The zero-order valence-corrected chi connectivity index (χ0v) is 11.7. The van der Waals surface area contributed by atoms with Crippen molar-refractivity contribution >= 4 is 12.2 Å². The fourth-order valence-electron chi connectivity index (χ4n) is 2.49. The van der Waals surface area contributed by atoms with Crippen LogP contribution in [0.25, 0.3) is 12.2 Å². The first-order chi connectivity index (χ1) is 9.17. The zero-order valence-electron chi connectivity index (χ0n) is 11.7. The molecule has 2 aromatic carbocycles. The largest absolute Gasteiger partial charge is 0.0985 e. The zero-order chi connectivity index (χ0) is 13.8. The van der Waals surface area contributed by atoms with Gasteiger partial charge in [0.05, 0.1) is 0 Å². The maximum absolute atomic E-state index is 3.92. The first-order valence-electron chi connectivity index (χ1n) is 6.59. The number of rotatable bonds is 4. The molecule has 0 fully saturated rings. The molecule has 0 spiro atoms. The quantitative estimate of drug-likeness (QED) is 0.699. The predicted molar refractivity (Wildman–Crippen MR) is 85.3 cm³/mol. The molecular formula is C19H20. The summed E-state index contributed by atoms with van der Waals surface area (Å²) < 4.78 is 0. The van der Waals surface area contributed by atoms with Crippen LogP contribution in [0.3, 0.4) is 0 Å². The molecule has 0 amide bonds. The van der Waals surface area contributed by atoms with Gasteiger partial charge in [-0.3, -0.25) is 0 Å². The van der Waals surface area contributed by atoms with E-state index in [-0.39, 0.29) is 0 Å². The highest BCUT2D eigenvalue weighted by Gasteiger charge is 2.09. The van der Waals surface area contributed by atoms with Crippen LogP contribution in [0.2, 0.25) is 0 Å². The second-order valence-corrected chi connectivity index (χ2v) is 4.87. The lowest BCUT2D eigenvalue weighted by Gasteiger charge is -2.14. The number of hydrogen-bond acceptors (Lipinski definition) is 0. The van der Waals surface area contributed by atoms with Crippen molar-refractivity contribution in [1.29, 1.82) is 0 Å². The van der Waals surface area contributed by atoms with E-state index < -0.39 is 0 Å².